The average Bonchev–Trinajstić information content (AvgIpc) is 2.75. The number of carbonyl (C=O) groups is 1. The van der Waals surface area contributed by atoms with E-state index in [9.17, 15) is 9.59 Å². The summed E-state index contributed by atoms with van der Waals surface area (Å²) in [5, 5.41) is 0. The lowest BCUT2D eigenvalue weighted by Gasteiger charge is -2.48. The van der Waals surface area contributed by atoms with Gasteiger partial charge in [0.1, 0.15) is 0 Å². The summed E-state index contributed by atoms with van der Waals surface area (Å²) in [7, 11) is 0. The molecule has 2 saturated heterocycles. The Morgan fingerprint density at radius 2 is 1.72 bits per heavy atom. The fourth-order valence-corrected chi connectivity index (χ4v) is 5.76. The molecule has 1 aromatic heterocycles. The first-order valence-electron chi connectivity index (χ1n) is 10.9. The maximum atomic E-state index is 12.7. The number of amides is 1. The second-order valence-electron chi connectivity index (χ2n) is 8.94. The van der Waals surface area contributed by atoms with Crippen LogP contribution in [0.5, 0.6) is 0 Å². The van der Waals surface area contributed by atoms with Gasteiger partial charge in [0, 0.05) is 68.9 Å². The van der Waals surface area contributed by atoms with Gasteiger partial charge in [-0.1, -0.05) is 30.3 Å². The molecule has 0 aliphatic carbocycles. The van der Waals surface area contributed by atoms with Crippen molar-refractivity contribution in [3.63, 3.8) is 0 Å². The largest absolute Gasteiger partial charge is 0.343 e. The van der Waals surface area contributed by atoms with Crippen molar-refractivity contribution in [2.75, 3.05) is 26.2 Å². The minimum atomic E-state index is 0.137. The van der Waals surface area contributed by atoms with Crippen LogP contribution in [0, 0.1) is 5.92 Å². The molecule has 0 radical (unpaired) electrons. The summed E-state index contributed by atoms with van der Waals surface area (Å²) < 4.78 is 2.05. The molecule has 5 heteroatoms. The number of likely N-dealkylation sites (tertiary alicyclic amines) is 2. The predicted octanol–water partition coefficient (Wildman–Crippen LogP) is 2.95. The molecule has 4 heterocycles. The molecule has 2 fully saturated rings. The first kappa shape index (κ1) is 18.6. The van der Waals surface area contributed by atoms with Crippen molar-refractivity contribution in [2.24, 2.45) is 5.92 Å². The molecule has 3 aliphatic heterocycles. The minimum Gasteiger partial charge on any atom is -0.343 e. The summed E-state index contributed by atoms with van der Waals surface area (Å²) in [6.07, 6.45) is 3.30. The monoisotopic (exact) mass is 391 g/mol. The molecule has 0 spiro atoms. The van der Waals surface area contributed by atoms with Gasteiger partial charge in [-0.3, -0.25) is 14.5 Å². The van der Waals surface area contributed by atoms with Crippen molar-refractivity contribution >= 4 is 5.91 Å². The van der Waals surface area contributed by atoms with Crippen molar-refractivity contribution in [3.05, 3.63) is 58.5 Å². The van der Waals surface area contributed by atoms with E-state index >= 15 is 0 Å². The maximum absolute atomic E-state index is 12.7. The Hall–Kier alpha value is -2.40. The van der Waals surface area contributed by atoms with E-state index < -0.39 is 0 Å². The Morgan fingerprint density at radius 3 is 2.45 bits per heavy atom. The molecule has 1 aromatic carbocycles. The molecule has 29 heavy (non-hydrogen) atoms. The quantitative estimate of drug-likeness (QED) is 0.791. The van der Waals surface area contributed by atoms with Crippen molar-refractivity contribution in [1.82, 2.24) is 14.4 Å². The third-order valence-corrected chi connectivity index (χ3v) is 7.13. The Bertz CT molecular complexity index is 960. The van der Waals surface area contributed by atoms with Crippen molar-refractivity contribution in [2.45, 2.75) is 44.7 Å². The summed E-state index contributed by atoms with van der Waals surface area (Å²) in [5.41, 5.74) is 3.77. The van der Waals surface area contributed by atoms with Gasteiger partial charge in [-0.15, -0.1) is 0 Å². The number of rotatable bonds is 2. The third-order valence-electron chi connectivity index (χ3n) is 7.13. The Labute approximate surface area is 171 Å². The summed E-state index contributed by atoms with van der Waals surface area (Å²) >= 11 is 0. The van der Waals surface area contributed by atoms with Gasteiger partial charge >= 0.3 is 0 Å². The molecule has 152 valence electrons. The lowest BCUT2D eigenvalue weighted by Crippen LogP contribution is -2.53. The minimum absolute atomic E-state index is 0.137. The molecule has 5 rings (SSSR count). The van der Waals surface area contributed by atoms with Crippen LogP contribution >= 0.6 is 0 Å². The smallest absolute Gasteiger partial charge is 0.250 e. The number of piperidine rings is 2. The van der Waals surface area contributed by atoms with E-state index in [4.69, 9.17) is 0 Å². The third kappa shape index (κ3) is 3.42. The lowest BCUT2D eigenvalue weighted by atomic mass is 9.79. The van der Waals surface area contributed by atoms with Crippen LogP contribution in [0.25, 0.3) is 11.1 Å². The van der Waals surface area contributed by atoms with Crippen LogP contribution in [0.4, 0.5) is 0 Å². The first-order chi connectivity index (χ1) is 14.1. The summed E-state index contributed by atoms with van der Waals surface area (Å²) in [4.78, 5) is 29.0. The molecule has 5 nitrogen and oxygen atoms in total. The van der Waals surface area contributed by atoms with Crippen LogP contribution in [0.1, 0.15) is 37.8 Å². The highest BCUT2D eigenvalue weighted by molar-refractivity contribution is 5.73. The molecule has 0 N–H and O–H groups in total. The Balaban J connectivity index is 1.44. The lowest BCUT2D eigenvalue weighted by molar-refractivity contribution is -0.130. The highest BCUT2D eigenvalue weighted by Gasteiger charge is 2.39. The van der Waals surface area contributed by atoms with Crippen molar-refractivity contribution in [3.8, 4) is 11.1 Å². The first-order valence-corrected chi connectivity index (χ1v) is 10.9. The number of fused-ring (bicyclic) bond motifs is 4. The molecule has 1 amide bonds. The van der Waals surface area contributed by atoms with E-state index in [0.717, 1.165) is 45.6 Å². The van der Waals surface area contributed by atoms with E-state index in [1.54, 1.807) is 13.0 Å². The Kier molecular flexibility index (Phi) is 4.78. The van der Waals surface area contributed by atoms with Gasteiger partial charge in [0.05, 0.1) is 0 Å². The van der Waals surface area contributed by atoms with Gasteiger partial charge in [0.2, 0.25) is 5.91 Å². The highest BCUT2D eigenvalue weighted by atomic mass is 16.2. The molecule has 2 aromatic rings. The standard InChI is InChI=1S/C24H29N3O2/c1-17(28)25-11-9-21(10-12-25)26-14-18-13-20(16-26)24-22(19-5-3-2-4-6-19)7-8-23(29)27(24)15-18/h2-8,18,20-21H,9-16H2,1H3. The van der Waals surface area contributed by atoms with Crippen molar-refractivity contribution in [1.29, 1.82) is 0 Å². The molecule has 2 bridgehead atoms. The van der Waals surface area contributed by atoms with Crippen LogP contribution in [0.3, 0.4) is 0 Å². The van der Waals surface area contributed by atoms with Crippen LogP contribution < -0.4 is 5.56 Å². The van der Waals surface area contributed by atoms with E-state index in [1.165, 1.54) is 23.2 Å². The van der Waals surface area contributed by atoms with E-state index in [0.29, 0.717) is 17.9 Å². The average molecular weight is 392 g/mol. The molecular formula is C24H29N3O2. The van der Waals surface area contributed by atoms with Crippen LogP contribution in [-0.2, 0) is 11.3 Å². The molecular weight excluding hydrogens is 362 g/mol. The number of hydrogen-bond donors (Lipinski definition) is 0. The fourth-order valence-electron chi connectivity index (χ4n) is 5.76. The number of aromatic nitrogens is 1. The van der Waals surface area contributed by atoms with Gasteiger partial charge in [-0.2, -0.15) is 0 Å². The number of hydrogen-bond acceptors (Lipinski definition) is 3. The van der Waals surface area contributed by atoms with Crippen LogP contribution in [0.15, 0.2) is 47.3 Å². The zero-order valence-corrected chi connectivity index (χ0v) is 17.1. The number of pyridine rings is 1. The zero-order chi connectivity index (χ0) is 20.0. The zero-order valence-electron chi connectivity index (χ0n) is 17.1. The second-order valence-corrected chi connectivity index (χ2v) is 8.94. The number of carbonyl (C=O) groups excluding carboxylic acids is 1. The van der Waals surface area contributed by atoms with Gasteiger partial charge in [-0.05, 0) is 36.8 Å². The number of benzene rings is 1. The molecule has 2 unspecified atom stereocenters. The number of nitrogens with zero attached hydrogens (tertiary/aromatic N) is 3. The van der Waals surface area contributed by atoms with Gasteiger partial charge in [0.25, 0.3) is 5.56 Å². The van der Waals surface area contributed by atoms with Crippen LogP contribution in [0.2, 0.25) is 0 Å². The highest BCUT2D eigenvalue weighted by Crippen LogP contribution is 2.41. The molecule has 3 aliphatic rings. The fraction of sp³-hybridized carbons (Fsp3) is 0.500. The predicted molar refractivity (Wildman–Crippen MR) is 114 cm³/mol. The van der Waals surface area contributed by atoms with Gasteiger partial charge in [-0.25, -0.2) is 0 Å². The Morgan fingerprint density at radius 1 is 0.966 bits per heavy atom. The van der Waals surface area contributed by atoms with Crippen molar-refractivity contribution < 1.29 is 4.79 Å². The normalized spacial score (nSPS) is 24.9. The molecule has 2 atom stereocenters. The van der Waals surface area contributed by atoms with E-state index in [1.807, 2.05) is 17.0 Å². The van der Waals surface area contributed by atoms with E-state index in [2.05, 4.69) is 33.7 Å². The maximum Gasteiger partial charge on any atom is 0.250 e. The van der Waals surface area contributed by atoms with Gasteiger partial charge in [0.15, 0.2) is 0 Å². The summed E-state index contributed by atoms with van der Waals surface area (Å²) in [5.74, 6) is 1.13. The SMILES string of the molecule is CC(=O)N1CCC(N2CC3CC(C2)c2c(-c4ccccc4)ccc(=O)n2C3)CC1. The molecule has 0 saturated carbocycles. The van der Waals surface area contributed by atoms with Crippen LogP contribution in [-0.4, -0.2) is 52.5 Å². The van der Waals surface area contributed by atoms with Gasteiger partial charge < -0.3 is 9.47 Å². The topological polar surface area (TPSA) is 45.6 Å². The second kappa shape index (κ2) is 7.45. The van der Waals surface area contributed by atoms with E-state index in [-0.39, 0.29) is 11.5 Å². The summed E-state index contributed by atoms with van der Waals surface area (Å²) in [6.45, 7) is 6.33. The summed E-state index contributed by atoms with van der Waals surface area (Å²) in [6, 6.07) is 14.8.